The summed E-state index contributed by atoms with van der Waals surface area (Å²) in [4.78, 5) is 33.7. The minimum atomic E-state index is -0.454. The average Bonchev–Trinajstić information content (AvgIpc) is 2.47. The number of unbranched alkanes of at least 4 members (excludes halogenated alkanes) is 2. The first-order valence-corrected chi connectivity index (χ1v) is 7.61. The van der Waals surface area contributed by atoms with Crippen molar-refractivity contribution in [2.45, 2.75) is 52.4 Å². The Balaban J connectivity index is 3.58. The third-order valence-electron chi connectivity index (χ3n) is 3.02. The summed E-state index contributed by atoms with van der Waals surface area (Å²) >= 11 is 0. The van der Waals surface area contributed by atoms with Crippen LogP contribution >= 0.6 is 0 Å². The van der Waals surface area contributed by atoms with Crippen LogP contribution in [-0.4, -0.2) is 57.9 Å². The number of nitrogens with one attached hydrogen (secondary N) is 1. The van der Waals surface area contributed by atoms with E-state index >= 15 is 0 Å². The van der Waals surface area contributed by atoms with Gasteiger partial charge in [-0.3, -0.25) is 24.8 Å². The molecule has 3 amide bonds. The van der Waals surface area contributed by atoms with Crippen molar-refractivity contribution < 1.29 is 24.8 Å². The first-order valence-electron chi connectivity index (χ1n) is 7.61. The number of hydrogen-bond acceptors (Lipinski definition) is 5. The summed E-state index contributed by atoms with van der Waals surface area (Å²) in [5.74, 6) is -1.07. The second kappa shape index (κ2) is 11.9. The van der Waals surface area contributed by atoms with Crippen molar-refractivity contribution in [3.05, 3.63) is 0 Å². The van der Waals surface area contributed by atoms with Crippen LogP contribution in [0.1, 0.15) is 52.4 Å². The lowest BCUT2D eigenvalue weighted by molar-refractivity contribution is -0.165. The molecule has 0 bridgehead atoms. The molecular weight excluding hydrogens is 290 g/mol. The van der Waals surface area contributed by atoms with E-state index in [2.05, 4.69) is 5.32 Å². The van der Waals surface area contributed by atoms with Crippen molar-refractivity contribution in [3.63, 3.8) is 0 Å². The highest BCUT2D eigenvalue weighted by atomic mass is 16.5. The highest BCUT2D eigenvalue weighted by Crippen LogP contribution is 1.99. The molecule has 0 fully saturated rings. The predicted octanol–water partition coefficient (Wildman–Crippen LogP) is 0.919. The van der Waals surface area contributed by atoms with Crippen LogP contribution in [0.25, 0.3) is 0 Å². The van der Waals surface area contributed by atoms with E-state index in [1.165, 1.54) is 6.92 Å². The molecule has 0 radical (unpaired) electrons. The Hall–Kier alpha value is -1.67. The fraction of sp³-hybridized carbons (Fsp3) is 0.786. The second-order valence-corrected chi connectivity index (χ2v) is 5.07. The zero-order valence-corrected chi connectivity index (χ0v) is 13.4. The number of hydroxylamine groups is 4. The highest BCUT2D eigenvalue weighted by Gasteiger charge is 2.11. The van der Waals surface area contributed by atoms with Gasteiger partial charge >= 0.3 is 0 Å². The fourth-order valence-electron chi connectivity index (χ4n) is 1.72. The van der Waals surface area contributed by atoms with E-state index in [-0.39, 0.29) is 37.7 Å². The van der Waals surface area contributed by atoms with Gasteiger partial charge in [-0.15, -0.1) is 0 Å². The predicted molar refractivity (Wildman–Crippen MR) is 79.1 cm³/mol. The molecule has 3 N–H and O–H groups in total. The second-order valence-electron chi connectivity index (χ2n) is 5.07. The number of rotatable bonds is 11. The van der Waals surface area contributed by atoms with E-state index in [1.807, 2.05) is 6.92 Å². The van der Waals surface area contributed by atoms with Crippen molar-refractivity contribution in [3.8, 4) is 0 Å². The van der Waals surface area contributed by atoms with Gasteiger partial charge in [-0.2, -0.15) is 0 Å². The van der Waals surface area contributed by atoms with Gasteiger partial charge in [-0.1, -0.05) is 6.92 Å². The largest absolute Gasteiger partial charge is 0.356 e. The van der Waals surface area contributed by atoms with Gasteiger partial charge < -0.3 is 5.32 Å². The van der Waals surface area contributed by atoms with Gasteiger partial charge in [0, 0.05) is 39.4 Å². The Morgan fingerprint density at radius 2 is 1.64 bits per heavy atom. The molecule has 128 valence electrons. The molecule has 8 nitrogen and oxygen atoms in total. The van der Waals surface area contributed by atoms with Gasteiger partial charge in [0.15, 0.2) is 0 Å². The van der Waals surface area contributed by atoms with E-state index in [1.54, 1.807) is 0 Å². The normalized spacial score (nSPS) is 10.2. The van der Waals surface area contributed by atoms with Crippen molar-refractivity contribution in [2.75, 3.05) is 19.6 Å². The van der Waals surface area contributed by atoms with Crippen molar-refractivity contribution >= 4 is 17.7 Å². The van der Waals surface area contributed by atoms with Gasteiger partial charge in [0.2, 0.25) is 17.7 Å². The van der Waals surface area contributed by atoms with Gasteiger partial charge in [0.05, 0.1) is 0 Å². The van der Waals surface area contributed by atoms with E-state index in [9.17, 15) is 19.6 Å². The van der Waals surface area contributed by atoms with Crippen LogP contribution in [0.2, 0.25) is 0 Å². The molecule has 0 aromatic heterocycles. The van der Waals surface area contributed by atoms with E-state index < -0.39 is 5.91 Å². The maximum atomic E-state index is 11.5. The molecular formula is C14H27N3O5. The molecule has 8 heteroatoms. The summed E-state index contributed by atoms with van der Waals surface area (Å²) in [6.45, 7) is 4.16. The summed E-state index contributed by atoms with van der Waals surface area (Å²) in [6.07, 6.45) is 2.84. The molecule has 0 heterocycles. The molecule has 0 saturated carbocycles. The van der Waals surface area contributed by atoms with Gasteiger partial charge in [0.25, 0.3) is 0 Å². The molecule has 0 aromatic rings. The highest BCUT2D eigenvalue weighted by molar-refractivity contribution is 5.83. The minimum absolute atomic E-state index is 0.0135. The van der Waals surface area contributed by atoms with Crippen molar-refractivity contribution in [1.29, 1.82) is 0 Å². The fourth-order valence-corrected chi connectivity index (χ4v) is 1.72. The first kappa shape index (κ1) is 20.3. The van der Waals surface area contributed by atoms with Crippen LogP contribution in [0.15, 0.2) is 0 Å². The lowest BCUT2D eigenvalue weighted by Gasteiger charge is -2.13. The third-order valence-corrected chi connectivity index (χ3v) is 3.02. The Kier molecular flexibility index (Phi) is 11.0. The maximum absolute atomic E-state index is 11.5. The molecule has 0 aliphatic rings. The topological polar surface area (TPSA) is 110 Å². The van der Waals surface area contributed by atoms with Crippen LogP contribution < -0.4 is 5.32 Å². The van der Waals surface area contributed by atoms with Crippen LogP contribution in [-0.2, 0) is 14.4 Å². The molecule has 0 unspecified atom stereocenters. The molecule has 0 rings (SSSR count). The molecule has 0 aromatic carbocycles. The van der Waals surface area contributed by atoms with Crippen LogP contribution in [0.4, 0.5) is 0 Å². The number of hydrogen-bond donors (Lipinski definition) is 3. The van der Waals surface area contributed by atoms with Crippen LogP contribution in [0.3, 0.4) is 0 Å². The summed E-state index contributed by atoms with van der Waals surface area (Å²) in [5, 5.41) is 22.4. The maximum Gasteiger partial charge on any atom is 0.246 e. The Morgan fingerprint density at radius 3 is 2.23 bits per heavy atom. The Morgan fingerprint density at radius 1 is 0.955 bits per heavy atom. The quantitative estimate of drug-likeness (QED) is 0.298. The van der Waals surface area contributed by atoms with E-state index in [0.29, 0.717) is 29.5 Å². The Bertz CT molecular complexity index is 362. The lowest BCUT2D eigenvalue weighted by Crippen LogP contribution is -2.30. The number of amides is 3. The van der Waals surface area contributed by atoms with Gasteiger partial charge in [0.1, 0.15) is 0 Å². The molecule has 0 saturated heterocycles. The number of carbonyl (C=O) groups is 3. The van der Waals surface area contributed by atoms with Crippen molar-refractivity contribution in [2.24, 2.45) is 0 Å². The molecule has 0 aliphatic heterocycles. The summed E-state index contributed by atoms with van der Waals surface area (Å²) in [7, 11) is 0. The van der Waals surface area contributed by atoms with E-state index in [0.717, 1.165) is 12.8 Å². The van der Waals surface area contributed by atoms with Crippen LogP contribution in [0, 0.1) is 0 Å². The summed E-state index contributed by atoms with van der Waals surface area (Å²) in [5.41, 5.74) is 0. The van der Waals surface area contributed by atoms with Crippen molar-refractivity contribution in [1.82, 2.24) is 15.4 Å². The first-order chi connectivity index (χ1) is 10.4. The molecule has 22 heavy (non-hydrogen) atoms. The molecule has 0 spiro atoms. The molecule has 0 atom stereocenters. The zero-order chi connectivity index (χ0) is 17.0. The third kappa shape index (κ3) is 10.1. The van der Waals surface area contributed by atoms with Crippen LogP contribution in [0.5, 0.6) is 0 Å². The standard InChI is InChI=1S/C14H27N3O5/c1-3-10-17(22)14(20)8-7-13(19)15-9-5-4-6-11-16(21)12(2)18/h21-22H,3-11H2,1-2H3,(H,15,19). The van der Waals surface area contributed by atoms with E-state index in [4.69, 9.17) is 5.21 Å². The zero-order valence-electron chi connectivity index (χ0n) is 13.4. The van der Waals surface area contributed by atoms with Gasteiger partial charge in [-0.05, 0) is 25.7 Å². The Labute approximate surface area is 131 Å². The number of carbonyl (C=O) groups excluding carboxylic acids is 3. The minimum Gasteiger partial charge on any atom is -0.356 e. The monoisotopic (exact) mass is 317 g/mol. The van der Waals surface area contributed by atoms with Gasteiger partial charge in [-0.25, -0.2) is 10.1 Å². The summed E-state index contributed by atoms with van der Waals surface area (Å²) < 4.78 is 0. The lowest BCUT2D eigenvalue weighted by atomic mass is 10.2. The average molecular weight is 317 g/mol. The summed E-state index contributed by atoms with van der Waals surface area (Å²) in [6, 6.07) is 0. The SMILES string of the molecule is CCCN(O)C(=O)CCC(=O)NCCCCCN(O)C(C)=O. The molecule has 0 aliphatic carbocycles. The smallest absolute Gasteiger partial charge is 0.246 e. The number of nitrogens with zero attached hydrogens (tertiary/aromatic N) is 2.